The van der Waals surface area contributed by atoms with Crippen molar-refractivity contribution in [1.82, 2.24) is 33.9 Å². The predicted molar refractivity (Wildman–Crippen MR) is 114 cm³/mol. The number of hydrogen-bond acceptors (Lipinski definition) is 5. The first-order valence-corrected chi connectivity index (χ1v) is 9.60. The van der Waals surface area contributed by atoms with Gasteiger partial charge in [0.2, 0.25) is 0 Å². The van der Waals surface area contributed by atoms with Gasteiger partial charge in [0.15, 0.2) is 11.5 Å². The molecule has 0 N–H and O–H groups in total. The summed E-state index contributed by atoms with van der Waals surface area (Å²) in [5, 5.41) is 9.11. The number of rotatable bonds is 4. The van der Waals surface area contributed by atoms with E-state index in [1.807, 2.05) is 72.7 Å². The van der Waals surface area contributed by atoms with Gasteiger partial charge in [-0.1, -0.05) is 0 Å². The Hall–Kier alpha value is -3.94. The van der Waals surface area contributed by atoms with Gasteiger partial charge in [0.25, 0.3) is 0 Å². The lowest BCUT2D eigenvalue weighted by Crippen LogP contribution is -2.02. The van der Waals surface area contributed by atoms with E-state index >= 15 is 0 Å². The van der Waals surface area contributed by atoms with Crippen molar-refractivity contribution in [3.63, 3.8) is 0 Å². The van der Waals surface area contributed by atoms with Crippen LogP contribution in [0.15, 0.2) is 55.1 Å². The van der Waals surface area contributed by atoms with Crippen molar-refractivity contribution in [3.8, 4) is 34.1 Å². The second kappa shape index (κ2) is 6.84. The summed E-state index contributed by atoms with van der Waals surface area (Å²) in [6.07, 6.45) is 7.36. The lowest BCUT2D eigenvalue weighted by molar-refractivity contribution is 0.416. The molecule has 0 bridgehead atoms. The van der Waals surface area contributed by atoms with Crippen LogP contribution in [0.2, 0.25) is 0 Å². The van der Waals surface area contributed by atoms with Gasteiger partial charge < -0.3 is 9.30 Å². The van der Waals surface area contributed by atoms with Crippen LogP contribution in [0.5, 0.6) is 5.75 Å². The van der Waals surface area contributed by atoms with Gasteiger partial charge in [-0.15, -0.1) is 0 Å². The van der Waals surface area contributed by atoms with Crippen molar-refractivity contribution in [3.05, 3.63) is 66.5 Å². The molecular formula is C22H21N7O. The summed E-state index contributed by atoms with van der Waals surface area (Å²) in [5.74, 6) is 1.57. The van der Waals surface area contributed by atoms with E-state index in [1.54, 1.807) is 24.2 Å². The van der Waals surface area contributed by atoms with Crippen LogP contribution < -0.4 is 4.74 Å². The van der Waals surface area contributed by atoms with Crippen LogP contribution in [0.4, 0.5) is 0 Å². The molecule has 0 saturated carbocycles. The van der Waals surface area contributed by atoms with Gasteiger partial charge in [-0.3, -0.25) is 0 Å². The zero-order chi connectivity index (χ0) is 20.8. The Morgan fingerprint density at radius 2 is 1.90 bits per heavy atom. The third-order valence-electron chi connectivity index (χ3n) is 5.17. The van der Waals surface area contributed by atoms with Crippen molar-refractivity contribution >= 4 is 5.65 Å². The molecule has 0 atom stereocenters. The summed E-state index contributed by atoms with van der Waals surface area (Å²) in [5.41, 5.74) is 6.24. The van der Waals surface area contributed by atoms with Crippen LogP contribution in [0, 0.1) is 13.8 Å². The molecular weight excluding hydrogens is 378 g/mol. The predicted octanol–water partition coefficient (Wildman–Crippen LogP) is 3.61. The highest BCUT2D eigenvalue weighted by atomic mass is 16.5. The highest BCUT2D eigenvalue weighted by molar-refractivity contribution is 5.85. The standard InChI is InChI=1S/C22H21N7O/c1-14-12-18(21-23-9-11-27(21)3)29-22(25-14)20(15(2)26-29)17-7-6-16(13-19(17)30-4)28-10-5-8-24-28/h5-13H,1-4H3. The zero-order valence-electron chi connectivity index (χ0n) is 17.2. The van der Waals surface area contributed by atoms with Crippen LogP contribution in [0.25, 0.3) is 34.0 Å². The van der Waals surface area contributed by atoms with E-state index in [0.29, 0.717) is 0 Å². The van der Waals surface area contributed by atoms with Crippen LogP contribution in [0.1, 0.15) is 11.4 Å². The number of imidazole rings is 1. The Morgan fingerprint density at radius 1 is 1.03 bits per heavy atom. The fraction of sp³-hybridized carbons (Fsp3) is 0.182. The smallest absolute Gasteiger partial charge is 0.164 e. The van der Waals surface area contributed by atoms with Gasteiger partial charge in [-0.2, -0.15) is 10.2 Å². The lowest BCUT2D eigenvalue weighted by atomic mass is 10.0. The second-order valence-corrected chi connectivity index (χ2v) is 7.18. The summed E-state index contributed by atoms with van der Waals surface area (Å²) in [7, 11) is 3.64. The minimum Gasteiger partial charge on any atom is -0.496 e. The van der Waals surface area contributed by atoms with Crippen LogP contribution in [0.3, 0.4) is 0 Å². The molecule has 5 aromatic rings. The number of nitrogens with zero attached hydrogens (tertiary/aromatic N) is 7. The van der Waals surface area contributed by atoms with Gasteiger partial charge in [-0.05, 0) is 38.1 Å². The van der Waals surface area contributed by atoms with E-state index in [4.69, 9.17) is 14.8 Å². The Kier molecular flexibility index (Phi) is 4.13. The molecule has 0 amide bonds. The molecule has 0 aliphatic heterocycles. The fourth-order valence-corrected chi connectivity index (χ4v) is 3.78. The minimum absolute atomic E-state index is 0.739. The molecule has 0 spiro atoms. The van der Waals surface area contributed by atoms with E-state index in [9.17, 15) is 0 Å². The molecule has 8 nitrogen and oxygen atoms in total. The highest BCUT2D eigenvalue weighted by Crippen LogP contribution is 2.37. The first-order valence-electron chi connectivity index (χ1n) is 9.60. The van der Waals surface area contributed by atoms with Gasteiger partial charge in [0.05, 0.1) is 24.1 Å². The van der Waals surface area contributed by atoms with E-state index < -0.39 is 0 Å². The van der Waals surface area contributed by atoms with Gasteiger partial charge in [0.1, 0.15) is 11.4 Å². The molecule has 0 aliphatic carbocycles. The molecule has 4 heterocycles. The number of fused-ring (bicyclic) bond motifs is 1. The molecule has 0 aliphatic rings. The summed E-state index contributed by atoms with van der Waals surface area (Å²) >= 11 is 0. The van der Waals surface area contributed by atoms with Crippen molar-refractivity contribution in [1.29, 1.82) is 0 Å². The molecule has 0 fully saturated rings. The Morgan fingerprint density at radius 3 is 2.60 bits per heavy atom. The lowest BCUT2D eigenvalue weighted by Gasteiger charge is -2.11. The summed E-state index contributed by atoms with van der Waals surface area (Å²) in [4.78, 5) is 9.31. The van der Waals surface area contributed by atoms with Crippen LogP contribution >= 0.6 is 0 Å². The maximum absolute atomic E-state index is 5.74. The summed E-state index contributed by atoms with van der Waals surface area (Å²) in [6.45, 7) is 3.97. The van der Waals surface area contributed by atoms with Gasteiger partial charge in [0, 0.05) is 49.2 Å². The quantitative estimate of drug-likeness (QED) is 0.462. The van der Waals surface area contributed by atoms with E-state index in [0.717, 1.165) is 51.1 Å². The van der Waals surface area contributed by atoms with Gasteiger partial charge >= 0.3 is 0 Å². The number of benzene rings is 1. The first-order chi connectivity index (χ1) is 14.6. The number of hydrogen-bond donors (Lipinski definition) is 0. The molecule has 0 radical (unpaired) electrons. The summed E-state index contributed by atoms with van der Waals surface area (Å²) in [6, 6.07) is 9.92. The molecule has 1 aromatic carbocycles. The third kappa shape index (κ3) is 2.76. The molecule has 150 valence electrons. The zero-order valence-corrected chi connectivity index (χ0v) is 17.2. The average Bonchev–Trinajstić information content (AvgIpc) is 3.47. The number of ether oxygens (including phenoxy) is 1. The van der Waals surface area contributed by atoms with Crippen molar-refractivity contribution in [2.45, 2.75) is 13.8 Å². The SMILES string of the molecule is COc1cc(-n2cccn2)ccc1-c1c(C)nn2c(-c3nccn3C)cc(C)nc12. The maximum atomic E-state index is 5.74. The van der Waals surface area contributed by atoms with Crippen LogP contribution in [-0.2, 0) is 7.05 Å². The molecule has 4 aromatic heterocycles. The van der Waals surface area contributed by atoms with E-state index in [2.05, 4.69) is 10.1 Å². The second-order valence-electron chi connectivity index (χ2n) is 7.18. The number of aryl methyl sites for hydroxylation is 3. The van der Waals surface area contributed by atoms with E-state index in [1.165, 1.54) is 0 Å². The highest BCUT2D eigenvalue weighted by Gasteiger charge is 2.21. The number of methoxy groups -OCH3 is 1. The normalized spacial score (nSPS) is 11.3. The molecule has 0 unspecified atom stereocenters. The molecule has 8 heteroatoms. The Bertz CT molecular complexity index is 1360. The third-order valence-corrected chi connectivity index (χ3v) is 5.17. The topological polar surface area (TPSA) is 75.1 Å². The maximum Gasteiger partial charge on any atom is 0.164 e. The molecule has 0 saturated heterocycles. The minimum atomic E-state index is 0.739. The van der Waals surface area contributed by atoms with Crippen molar-refractivity contribution < 1.29 is 4.74 Å². The monoisotopic (exact) mass is 399 g/mol. The van der Waals surface area contributed by atoms with Crippen molar-refractivity contribution in [2.75, 3.05) is 7.11 Å². The summed E-state index contributed by atoms with van der Waals surface area (Å²) < 4.78 is 11.4. The molecule has 5 rings (SSSR count). The largest absolute Gasteiger partial charge is 0.496 e. The fourth-order valence-electron chi connectivity index (χ4n) is 3.78. The number of aromatic nitrogens is 7. The van der Waals surface area contributed by atoms with Crippen LogP contribution in [-0.4, -0.2) is 41.0 Å². The average molecular weight is 399 g/mol. The molecule has 30 heavy (non-hydrogen) atoms. The Labute approximate surface area is 173 Å². The van der Waals surface area contributed by atoms with Crippen molar-refractivity contribution in [2.24, 2.45) is 7.05 Å². The first kappa shape index (κ1) is 18.1. The van der Waals surface area contributed by atoms with E-state index in [-0.39, 0.29) is 0 Å². The van der Waals surface area contributed by atoms with Gasteiger partial charge in [-0.25, -0.2) is 19.2 Å². The Balaban J connectivity index is 1.75.